The van der Waals surface area contributed by atoms with E-state index < -0.39 is 23.4 Å². The highest BCUT2D eigenvalue weighted by Gasteiger charge is 2.33. The number of carbonyl (C=O) groups is 1. The minimum atomic E-state index is -4.55. The summed E-state index contributed by atoms with van der Waals surface area (Å²) in [6.45, 7) is 3.40. The number of hydrogen-bond donors (Lipinski definition) is 2. The van der Waals surface area contributed by atoms with Gasteiger partial charge in [-0.1, -0.05) is 24.3 Å². The molecule has 0 fully saturated rings. The van der Waals surface area contributed by atoms with Crippen LogP contribution in [0.2, 0.25) is 0 Å². The summed E-state index contributed by atoms with van der Waals surface area (Å²) in [5, 5.41) is 3.18. The third kappa shape index (κ3) is 4.16. The number of halogens is 3. The lowest BCUT2D eigenvalue weighted by Crippen LogP contribution is -2.18. The summed E-state index contributed by atoms with van der Waals surface area (Å²) in [7, 11) is 0. The van der Waals surface area contributed by atoms with Crippen molar-refractivity contribution >= 4 is 22.6 Å². The van der Waals surface area contributed by atoms with E-state index in [1.54, 1.807) is 26.0 Å². The van der Waals surface area contributed by atoms with Crippen molar-refractivity contribution in [3.8, 4) is 11.3 Å². The quantitative estimate of drug-likeness (QED) is 0.648. The lowest BCUT2D eigenvalue weighted by molar-refractivity contribution is -0.137. The molecule has 5 nitrogen and oxygen atoms in total. The molecule has 1 amide bonds. The van der Waals surface area contributed by atoms with Crippen molar-refractivity contribution in [2.24, 2.45) is 0 Å². The number of benzene rings is 2. The molecule has 146 valence electrons. The van der Waals surface area contributed by atoms with Crippen molar-refractivity contribution < 1.29 is 22.7 Å². The van der Waals surface area contributed by atoms with Crippen molar-refractivity contribution in [3.05, 3.63) is 64.4 Å². The summed E-state index contributed by atoms with van der Waals surface area (Å²) in [4.78, 5) is 26.6. The fourth-order valence-corrected chi connectivity index (χ4v) is 2.81. The number of H-pyrrole nitrogens is 1. The second kappa shape index (κ2) is 7.38. The van der Waals surface area contributed by atoms with Gasteiger partial charge in [-0.05, 0) is 43.5 Å². The number of anilines is 1. The molecule has 0 bridgehead atoms. The van der Waals surface area contributed by atoms with Gasteiger partial charge >= 0.3 is 12.3 Å². The number of pyridine rings is 1. The van der Waals surface area contributed by atoms with Gasteiger partial charge in [0.25, 0.3) is 5.56 Å². The first-order valence-electron chi connectivity index (χ1n) is 8.46. The van der Waals surface area contributed by atoms with E-state index >= 15 is 0 Å². The smallest absolute Gasteiger partial charge is 0.417 e. The van der Waals surface area contributed by atoms with Crippen LogP contribution >= 0.6 is 0 Å². The van der Waals surface area contributed by atoms with E-state index in [0.29, 0.717) is 11.1 Å². The minimum Gasteiger partial charge on any atom is -0.447 e. The summed E-state index contributed by atoms with van der Waals surface area (Å²) >= 11 is 0. The Labute approximate surface area is 158 Å². The lowest BCUT2D eigenvalue weighted by Gasteiger charge is -2.13. The number of carbonyl (C=O) groups excluding carboxylic acids is 1. The molecule has 0 spiro atoms. The van der Waals surface area contributed by atoms with Gasteiger partial charge in [0.05, 0.1) is 11.7 Å². The number of fused-ring (bicyclic) bond motifs is 1. The molecule has 0 saturated heterocycles. The van der Waals surface area contributed by atoms with Crippen LogP contribution in [0.4, 0.5) is 23.7 Å². The second-order valence-electron chi connectivity index (χ2n) is 6.44. The molecule has 0 saturated carbocycles. The molecule has 1 heterocycles. The molecule has 28 heavy (non-hydrogen) atoms. The topological polar surface area (TPSA) is 71.2 Å². The summed E-state index contributed by atoms with van der Waals surface area (Å²) < 4.78 is 44.8. The molecule has 0 aliphatic rings. The van der Waals surface area contributed by atoms with Gasteiger partial charge in [-0.25, -0.2) is 4.79 Å². The standard InChI is InChI=1S/C20H17F3N2O3/c1-11(2)28-19(27)24-13-8-7-12-9-17(25-18(26)15(12)10-13)14-5-3-4-6-16(14)20(21,22)23/h3-11H,1-2H3,(H,24,27)(H,25,26). The monoisotopic (exact) mass is 390 g/mol. The Morgan fingerprint density at radius 2 is 1.82 bits per heavy atom. The molecule has 8 heteroatoms. The van der Waals surface area contributed by atoms with Crippen molar-refractivity contribution in [1.29, 1.82) is 0 Å². The molecule has 0 unspecified atom stereocenters. The molecule has 2 N–H and O–H groups in total. The van der Waals surface area contributed by atoms with Gasteiger partial charge in [0, 0.05) is 22.3 Å². The van der Waals surface area contributed by atoms with E-state index in [-0.39, 0.29) is 22.7 Å². The third-order valence-corrected chi connectivity index (χ3v) is 3.96. The Morgan fingerprint density at radius 3 is 2.50 bits per heavy atom. The molecular weight excluding hydrogens is 373 g/mol. The van der Waals surface area contributed by atoms with Crippen molar-refractivity contribution in [1.82, 2.24) is 4.98 Å². The predicted octanol–water partition coefficient (Wildman–Crippen LogP) is 5.17. The Hall–Kier alpha value is -3.29. The zero-order chi connectivity index (χ0) is 20.5. The van der Waals surface area contributed by atoms with Crippen LogP contribution < -0.4 is 10.9 Å². The maximum atomic E-state index is 13.3. The average molecular weight is 390 g/mol. The van der Waals surface area contributed by atoms with E-state index in [1.807, 2.05) is 0 Å². The van der Waals surface area contributed by atoms with Gasteiger partial charge in [-0.3, -0.25) is 10.1 Å². The first-order valence-corrected chi connectivity index (χ1v) is 8.46. The maximum absolute atomic E-state index is 13.3. The van der Waals surface area contributed by atoms with Crippen LogP contribution in [0.1, 0.15) is 19.4 Å². The number of alkyl halides is 3. The van der Waals surface area contributed by atoms with Gasteiger partial charge < -0.3 is 9.72 Å². The Kier molecular flexibility index (Phi) is 5.13. The lowest BCUT2D eigenvalue weighted by atomic mass is 10.0. The first kappa shape index (κ1) is 19.5. The van der Waals surface area contributed by atoms with Crippen LogP contribution in [0.15, 0.2) is 53.3 Å². The number of aromatic amines is 1. The highest BCUT2D eigenvalue weighted by Crippen LogP contribution is 2.36. The average Bonchev–Trinajstić information content (AvgIpc) is 2.60. The van der Waals surface area contributed by atoms with E-state index in [1.165, 1.54) is 30.3 Å². The van der Waals surface area contributed by atoms with Gasteiger partial charge in [0.1, 0.15) is 0 Å². The van der Waals surface area contributed by atoms with Crippen LogP contribution in [0.3, 0.4) is 0 Å². The summed E-state index contributed by atoms with van der Waals surface area (Å²) in [5.41, 5.74) is -1.11. The molecule has 1 aromatic heterocycles. The van der Waals surface area contributed by atoms with E-state index in [4.69, 9.17) is 4.74 Å². The fourth-order valence-electron chi connectivity index (χ4n) is 2.81. The number of amides is 1. The molecular formula is C20H17F3N2O3. The minimum absolute atomic E-state index is 0.0605. The summed E-state index contributed by atoms with van der Waals surface area (Å²) in [5.74, 6) is 0. The fraction of sp³-hybridized carbons (Fsp3) is 0.200. The number of rotatable bonds is 3. The van der Waals surface area contributed by atoms with Crippen LogP contribution in [0.5, 0.6) is 0 Å². The molecule has 0 aliphatic carbocycles. The summed E-state index contributed by atoms with van der Waals surface area (Å²) in [6.07, 6.45) is -5.52. The normalized spacial score (nSPS) is 11.6. The van der Waals surface area contributed by atoms with E-state index in [2.05, 4.69) is 10.3 Å². The third-order valence-electron chi connectivity index (χ3n) is 3.96. The van der Waals surface area contributed by atoms with Crippen molar-refractivity contribution in [2.45, 2.75) is 26.1 Å². The number of ether oxygens (including phenoxy) is 1. The number of nitrogens with one attached hydrogen (secondary N) is 2. The van der Waals surface area contributed by atoms with Gasteiger partial charge in [0.15, 0.2) is 0 Å². The van der Waals surface area contributed by atoms with Crippen LogP contribution in [0.25, 0.3) is 22.0 Å². The van der Waals surface area contributed by atoms with Gasteiger partial charge in [-0.15, -0.1) is 0 Å². The van der Waals surface area contributed by atoms with E-state index in [0.717, 1.165) is 6.07 Å². The molecule has 0 atom stereocenters. The Morgan fingerprint density at radius 1 is 1.11 bits per heavy atom. The largest absolute Gasteiger partial charge is 0.447 e. The molecule has 0 radical (unpaired) electrons. The van der Waals surface area contributed by atoms with Crippen LogP contribution in [0, 0.1) is 0 Å². The second-order valence-corrected chi connectivity index (χ2v) is 6.44. The van der Waals surface area contributed by atoms with Gasteiger partial charge in [0.2, 0.25) is 0 Å². The highest BCUT2D eigenvalue weighted by molar-refractivity contribution is 5.92. The molecule has 3 aromatic rings. The van der Waals surface area contributed by atoms with Crippen LogP contribution in [-0.4, -0.2) is 17.2 Å². The zero-order valence-corrected chi connectivity index (χ0v) is 15.1. The number of hydrogen-bond acceptors (Lipinski definition) is 3. The maximum Gasteiger partial charge on any atom is 0.417 e. The highest BCUT2D eigenvalue weighted by atomic mass is 19.4. The van der Waals surface area contributed by atoms with E-state index in [9.17, 15) is 22.8 Å². The van der Waals surface area contributed by atoms with Gasteiger partial charge in [-0.2, -0.15) is 13.2 Å². The SMILES string of the molecule is CC(C)OC(=O)Nc1ccc2cc(-c3ccccc3C(F)(F)F)[nH]c(=O)c2c1. The summed E-state index contributed by atoms with van der Waals surface area (Å²) in [6, 6.07) is 11.0. The molecule has 0 aliphatic heterocycles. The Balaban J connectivity index is 2.03. The van der Waals surface area contributed by atoms with Crippen molar-refractivity contribution in [2.75, 3.05) is 5.32 Å². The van der Waals surface area contributed by atoms with Crippen LogP contribution in [-0.2, 0) is 10.9 Å². The first-order chi connectivity index (χ1) is 13.1. The molecule has 2 aromatic carbocycles. The van der Waals surface area contributed by atoms with Crippen molar-refractivity contribution in [3.63, 3.8) is 0 Å². The molecule has 3 rings (SSSR count). The zero-order valence-electron chi connectivity index (χ0n) is 15.1. The number of aromatic nitrogens is 1. The predicted molar refractivity (Wildman–Crippen MR) is 100 cm³/mol. The Bertz CT molecular complexity index is 1090.